The molecule has 0 saturated heterocycles. The SMILES string of the molecule is Cc1cccc(NC(=O)NCCn2cc(C(=O)O)nn2)c1. The Bertz CT molecular complexity index is 653. The molecule has 0 saturated carbocycles. The lowest BCUT2D eigenvalue weighted by Crippen LogP contribution is -2.31. The first-order valence-corrected chi connectivity index (χ1v) is 6.29. The molecule has 2 amide bonds. The molecule has 0 unspecified atom stereocenters. The number of nitrogens with zero attached hydrogens (tertiary/aromatic N) is 3. The number of amides is 2. The van der Waals surface area contributed by atoms with Crippen molar-refractivity contribution >= 4 is 17.7 Å². The molecule has 110 valence electrons. The van der Waals surface area contributed by atoms with E-state index >= 15 is 0 Å². The Labute approximate surface area is 120 Å². The smallest absolute Gasteiger partial charge is 0.358 e. The first-order valence-electron chi connectivity index (χ1n) is 6.29. The molecule has 0 atom stereocenters. The Hall–Kier alpha value is -2.90. The van der Waals surface area contributed by atoms with E-state index in [1.165, 1.54) is 10.9 Å². The molecule has 0 aliphatic heterocycles. The molecular formula is C13H15N5O3. The predicted octanol–water partition coefficient (Wildman–Crippen LogP) is 1.11. The third kappa shape index (κ3) is 4.30. The maximum Gasteiger partial charge on any atom is 0.358 e. The van der Waals surface area contributed by atoms with Gasteiger partial charge in [-0.3, -0.25) is 0 Å². The van der Waals surface area contributed by atoms with Crippen molar-refractivity contribution in [1.29, 1.82) is 0 Å². The Kier molecular flexibility index (Phi) is 4.50. The summed E-state index contributed by atoms with van der Waals surface area (Å²) in [4.78, 5) is 22.3. The number of rotatable bonds is 5. The first-order chi connectivity index (χ1) is 10.0. The van der Waals surface area contributed by atoms with Gasteiger partial charge in [0.25, 0.3) is 0 Å². The van der Waals surface area contributed by atoms with E-state index in [9.17, 15) is 9.59 Å². The second kappa shape index (κ2) is 6.51. The summed E-state index contributed by atoms with van der Waals surface area (Å²) in [5, 5.41) is 21.2. The predicted molar refractivity (Wildman–Crippen MR) is 75.2 cm³/mol. The van der Waals surface area contributed by atoms with Crippen molar-refractivity contribution in [3.05, 3.63) is 41.7 Å². The average molecular weight is 289 g/mol. The number of carbonyl (C=O) groups excluding carboxylic acids is 1. The summed E-state index contributed by atoms with van der Waals surface area (Å²) in [5.41, 5.74) is 1.64. The van der Waals surface area contributed by atoms with Gasteiger partial charge in [0.2, 0.25) is 0 Å². The van der Waals surface area contributed by atoms with Gasteiger partial charge in [-0.15, -0.1) is 5.10 Å². The summed E-state index contributed by atoms with van der Waals surface area (Å²) in [5.74, 6) is -1.13. The van der Waals surface area contributed by atoms with E-state index in [1.807, 2.05) is 25.1 Å². The number of aryl methyl sites for hydroxylation is 1. The van der Waals surface area contributed by atoms with E-state index in [0.29, 0.717) is 18.8 Å². The van der Waals surface area contributed by atoms with Gasteiger partial charge in [0.15, 0.2) is 5.69 Å². The standard InChI is InChI=1S/C13H15N5O3/c1-9-3-2-4-10(7-9)15-13(21)14-5-6-18-8-11(12(19)20)16-17-18/h2-4,7-8H,5-6H2,1H3,(H,19,20)(H2,14,15,21). The molecule has 1 aromatic carbocycles. The largest absolute Gasteiger partial charge is 0.476 e. The highest BCUT2D eigenvalue weighted by Crippen LogP contribution is 2.08. The lowest BCUT2D eigenvalue weighted by Gasteiger charge is -2.07. The number of aromatic nitrogens is 3. The van der Waals surface area contributed by atoms with Gasteiger partial charge in [0.05, 0.1) is 12.7 Å². The molecule has 0 fully saturated rings. The van der Waals surface area contributed by atoms with Crippen molar-refractivity contribution in [3.63, 3.8) is 0 Å². The topological polar surface area (TPSA) is 109 Å². The number of hydrogen-bond acceptors (Lipinski definition) is 4. The fraction of sp³-hybridized carbons (Fsp3) is 0.231. The van der Waals surface area contributed by atoms with Crippen LogP contribution in [0.1, 0.15) is 16.1 Å². The molecule has 3 N–H and O–H groups in total. The second-order valence-corrected chi connectivity index (χ2v) is 4.42. The van der Waals surface area contributed by atoms with Crippen LogP contribution in [0, 0.1) is 6.92 Å². The maximum absolute atomic E-state index is 11.7. The molecule has 1 heterocycles. The highest BCUT2D eigenvalue weighted by molar-refractivity contribution is 5.89. The van der Waals surface area contributed by atoms with Crippen molar-refractivity contribution in [1.82, 2.24) is 20.3 Å². The fourth-order valence-corrected chi connectivity index (χ4v) is 1.69. The molecule has 8 nitrogen and oxygen atoms in total. The summed E-state index contributed by atoms with van der Waals surface area (Å²) >= 11 is 0. The monoisotopic (exact) mass is 289 g/mol. The van der Waals surface area contributed by atoms with E-state index in [2.05, 4.69) is 20.9 Å². The molecule has 0 aliphatic rings. The minimum absolute atomic E-state index is 0.126. The van der Waals surface area contributed by atoms with Gasteiger partial charge in [-0.2, -0.15) is 0 Å². The minimum atomic E-state index is -1.13. The zero-order valence-electron chi connectivity index (χ0n) is 11.4. The number of carbonyl (C=O) groups is 2. The Morgan fingerprint density at radius 3 is 2.86 bits per heavy atom. The van der Waals surface area contributed by atoms with Crippen LogP contribution in [0.5, 0.6) is 0 Å². The van der Waals surface area contributed by atoms with Crippen LogP contribution in [0.15, 0.2) is 30.5 Å². The molecule has 1 aromatic heterocycles. The third-order valence-corrected chi connectivity index (χ3v) is 2.66. The lowest BCUT2D eigenvalue weighted by molar-refractivity contribution is 0.0690. The van der Waals surface area contributed by atoms with Crippen LogP contribution < -0.4 is 10.6 Å². The van der Waals surface area contributed by atoms with Crippen molar-refractivity contribution in [2.75, 3.05) is 11.9 Å². The highest BCUT2D eigenvalue weighted by Gasteiger charge is 2.08. The van der Waals surface area contributed by atoms with Crippen LogP contribution in [0.2, 0.25) is 0 Å². The zero-order chi connectivity index (χ0) is 15.2. The van der Waals surface area contributed by atoms with E-state index in [4.69, 9.17) is 5.11 Å². The number of hydrogen-bond donors (Lipinski definition) is 3. The first kappa shape index (κ1) is 14.5. The van der Waals surface area contributed by atoms with Crippen molar-refractivity contribution in [2.45, 2.75) is 13.5 Å². The summed E-state index contributed by atoms with van der Waals surface area (Å²) in [6, 6.07) is 7.11. The molecule has 21 heavy (non-hydrogen) atoms. The molecule has 0 radical (unpaired) electrons. The summed E-state index contributed by atoms with van der Waals surface area (Å²) in [6.45, 7) is 2.58. The molecule has 8 heteroatoms. The van der Waals surface area contributed by atoms with Gasteiger partial charge in [-0.05, 0) is 24.6 Å². The Morgan fingerprint density at radius 2 is 2.19 bits per heavy atom. The van der Waals surface area contributed by atoms with Crippen LogP contribution >= 0.6 is 0 Å². The number of benzene rings is 1. The molecule has 2 aromatic rings. The summed E-state index contributed by atoms with van der Waals surface area (Å²) < 4.78 is 1.36. The number of carboxylic acids is 1. The van der Waals surface area contributed by atoms with Gasteiger partial charge in [-0.1, -0.05) is 17.3 Å². The van der Waals surface area contributed by atoms with Gasteiger partial charge >= 0.3 is 12.0 Å². The van der Waals surface area contributed by atoms with E-state index in [0.717, 1.165) is 5.56 Å². The van der Waals surface area contributed by atoms with Gasteiger partial charge in [0, 0.05) is 12.2 Å². The molecule has 0 spiro atoms. The average Bonchev–Trinajstić information content (AvgIpc) is 2.87. The number of aromatic carboxylic acids is 1. The number of urea groups is 1. The summed E-state index contributed by atoms with van der Waals surface area (Å²) in [6.07, 6.45) is 1.31. The van der Waals surface area contributed by atoms with Crippen LogP contribution in [-0.4, -0.2) is 38.6 Å². The van der Waals surface area contributed by atoms with Gasteiger partial charge in [-0.25, -0.2) is 14.3 Å². The van der Waals surface area contributed by atoms with Gasteiger partial charge in [0.1, 0.15) is 0 Å². The van der Waals surface area contributed by atoms with Crippen LogP contribution in [0.25, 0.3) is 0 Å². The second-order valence-electron chi connectivity index (χ2n) is 4.42. The van der Waals surface area contributed by atoms with Crippen molar-refractivity contribution in [3.8, 4) is 0 Å². The minimum Gasteiger partial charge on any atom is -0.476 e. The maximum atomic E-state index is 11.7. The van der Waals surface area contributed by atoms with Gasteiger partial charge < -0.3 is 15.7 Å². The van der Waals surface area contributed by atoms with E-state index < -0.39 is 5.97 Å². The molecular weight excluding hydrogens is 274 g/mol. The Balaban J connectivity index is 1.77. The lowest BCUT2D eigenvalue weighted by atomic mass is 10.2. The van der Waals surface area contributed by atoms with Crippen molar-refractivity contribution in [2.24, 2.45) is 0 Å². The van der Waals surface area contributed by atoms with Crippen LogP contribution in [0.4, 0.5) is 10.5 Å². The van der Waals surface area contributed by atoms with Crippen molar-refractivity contribution < 1.29 is 14.7 Å². The molecule has 0 aliphatic carbocycles. The Morgan fingerprint density at radius 1 is 1.38 bits per heavy atom. The van der Waals surface area contributed by atoms with Crippen LogP contribution in [0.3, 0.4) is 0 Å². The third-order valence-electron chi connectivity index (χ3n) is 2.66. The zero-order valence-corrected chi connectivity index (χ0v) is 11.4. The highest BCUT2D eigenvalue weighted by atomic mass is 16.4. The summed E-state index contributed by atoms with van der Waals surface area (Å²) in [7, 11) is 0. The number of carboxylic acid groups (broad SMARTS) is 1. The fourth-order valence-electron chi connectivity index (χ4n) is 1.69. The van der Waals surface area contributed by atoms with E-state index in [1.54, 1.807) is 6.07 Å². The normalized spacial score (nSPS) is 10.1. The van der Waals surface area contributed by atoms with E-state index in [-0.39, 0.29) is 11.7 Å². The molecule has 2 rings (SSSR count). The quantitative estimate of drug-likeness (QED) is 0.763. The molecule has 0 bridgehead atoms. The van der Waals surface area contributed by atoms with Crippen LogP contribution in [-0.2, 0) is 6.54 Å². The number of nitrogens with one attached hydrogen (secondary N) is 2. The number of anilines is 1.